The van der Waals surface area contributed by atoms with Crippen LogP contribution in [0.5, 0.6) is 0 Å². The predicted octanol–water partition coefficient (Wildman–Crippen LogP) is 0.725. The first kappa shape index (κ1) is 13.1. The van der Waals surface area contributed by atoms with Gasteiger partial charge < -0.3 is 14.9 Å². The van der Waals surface area contributed by atoms with E-state index < -0.39 is 9.12 Å². The Balaban J connectivity index is 3.80. The number of nitrogens with one attached hydrogen (secondary N) is 2. The molecule has 4 heteroatoms. The molecule has 3 nitrogen and oxygen atoms in total. The smallest absolute Gasteiger partial charge is 0.190 e. The van der Waals surface area contributed by atoms with Gasteiger partial charge in [0.05, 0.1) is 0 Å². The molecule has 2 N–H and O–H groups in total. The van der Waals surface area contributed by atoms with Crippen LogP contribution in [0.15, 0.2) is 0 Å². The van der Waals surface area contributed by atoms with E-state index in [0.717, 1.165) is 18.8 Å². The third-order valence-corrected chi connectivity index (χ3v) is 5.71. The summed E-state index contributed by atoms with van der Waals surface area (Å²) in [7, 11) is 3.45. The van der Waals surface area contributed by atoms with Gasteiger partial charge in [-0.3, -0.25) is 0 Å². The Morgan fingerprint density at radius 3 is 2.31 bits per heavy atom. The van der Waals surface area contributed by atoms with Crippen molar-refractivity contribution < 1.29 is 0 Å². The first-order valence-electron chi connectivity index (χ1n) is 5.24. The molecule has 0 spiro atoms. The summed E-state index contributed by atoms with van der Waals surface area (Å²) >= 11 is 0. The fourth-order valence-electron chi connectivity index (χ4n) is 1.42. The molecule has 0 radical (unpaired) electrons. The summed E-state index contributed by atoms with van der Waals surface area (Å²) in [6.07, 6.45) is 1.27. The second-order valence-electron chi connectivity index (χ2n) is 3.78. The quantitative estimate of drug-likeness (QED) is 0.363. The Kier molecular flexibility index (Phi) is 7.55. The highest BCUT2D eigenvalue weighted by Gasteiger charge is 2.19. The van der Waals surface area contributed by atoms with Gasteiger partial charge in [-0.05, 0) is 26.2 Å². The van der Waals surface area contributed by atoms with E-state index in [2.05, 4.69) is 49.7 Å². The second kappa shape index (κ2) is 7.50. The molecule has 0 aromatic heterocycles. The molecule has 0 rings (SSSR count). The standard InChI is InChI=1S/C9H25N3Si/c1-6-9(3)13(12(4)5)11-8-10-7-2/h9-11,13H,6-8H2,1-5H3. The van der Waals surface area contributed by atoms with Crippen molar-refractivity contribution in [2.24, 2.45) is 0 Å². The molecule has 0 fully saturated rings. The summed E-state index contributed by atoms with van der Waals surface area (Å²) < 4.78 is 2.38. The minimum atomic E-state index is -0.912. The average Bonchev–Trinajstić information content (AvgIpc) is 2.11. The topological polar surface area (TPSA) is 27.3 Å². The summed E-state index contributed by atoms with van der Waals surface area (Å²) in [4.78, 5) is 3.62. The Labute approximate surface area is 84.7 Å². The molecule has 0 amide bonds. The van der Waals surface area contributed by atoms with Gasteiger partial charge in [-0.1, -0.05) is 27.2 Å². The first-order valence-corrected chi connectivity index (χ1v) is 7.00. The third-order valence-electron chi connectivity index (χ3n) is 2.43. The Morgan fingerprint density at radius 2 is 1.92 bits per heavy atom. The van der Waals surface area contributed by atoms with Crippen molar-refractivity contribution in [3.63, 3.8) is 0 Å². The van der Waals surface area contributed by atoms with Gasteiger partial charge in [-0.25, -0.2) is 0 Å². The van der Waals surface area contributed by atoms with E-state index >= 15 is 0 Å². The molecule has 0 heterocycles. The summed E-state index contributed by atoms with van der Waals surface area (Å²) in [5.74, 6) is 0. The van der Waals surface area contributed by atoms with E-state index in [0.29, 0.717) is 0 Å². The molecule has 13 heavy (non-hydrogen) atoms. The highest BCUT2D eigenvalue weighted by Crippen LogP contribution is 2.12. The van der Waals surface area contributed by atoms with Crippen molar-refractivity contribution >= 4 is 9.12 Å². The van der Waals surface area contributed by atoms with Crippen LogP contribution in [0.3, 0.4) is 0 Å². The zero-order valence-corrected chi connectivity index (χ0v) is 10.9. The molecule has 2 atom stereocenters. The molecule has 0 aliphatic carbocycles. The van der Waals surface area contributed by atoms with Gasteiger partial charge in [0.15, 0.2) is 9.12 Å². The van der Waals surface area contributed by atoms with E-state index in [-0.39, 0.29) is 0 Å². The van der Waals surface area contributed by atoms with Gasteiger partial charge in [0, 0.05) is 6.67 Å². The van der Waals surface area contributed by atoms with E-state index in [1.165, 1.54) is 6.42 Å². The van der Waals surface area contributed by atoms with Gasteiger partial charge in [0.2, 0.25) is 0 Å². The number of nitrogens with zero attached hydrogens (tertiary/aromatic N) is 1. The van der Waals surface area contributed by atoms with Crippen LogP contribution < -0.4 is 10.3 Å². The fourth-order valence-corrected chi connectivity index (χ4v) is 4.00. The molecular formula is C9H25N3Si. The zero-order valence-electron chi connectivity index (χ0n) is 9.72. The van der Waals surface area contributed by atoms with Gasteiger partial charge in [-0.2, -0.15) is 0 Å². The summed E-state index contributed by atoms with van der Waals surface area (Å²) in [6.45, 7) is 8.74. The van der Waals surface area contributed by atoms with E-state index in [1.54, 1.807) is 0 Å². The van der Waals surface area contributed by atoms with Crippen LogP contribution in [0.4, 0.5) is 0 Å². The van der Waals surface area contributed by atoms with Crippen molar-refractivity contribution in [1.82, 2.24) is 14.9 Å². The van der Waals surface area contributed by atoms with Crippen LogP contribution >= 0.6 is 0 Å². The molecule has 0 aliphatic heterocycles. The lowest BCUT2D eigenvalue weighted by Gasteiger charge is -2.28. The number of rotatable bonds is 7. The Hall–Kier alpha value is 0.0969. The highest BCUT2D eigenvalue weighted by atomic mass is 28.3. The zero-order chi connectivity index (χ0) is 10.3. The van der Waals surface area contributed by atoms with Crippen LogP contribution in [0.25, 0.3) is 0 Å². The fraction of sp³-hybridized carbons (Fsp3) is 1.00. The van der Waals surface area contributed by atoms with Crippen LogP contribution in [-0.2, 0) is 0 Å². The van der Waals surface area contributed by atoms with E-state index in [4.69, 9.17) is 0 Å². The first-order chi connectivity index (χ1) is 6.13. The summed E-state index contributed by atoms with van der Waals surface area (Å²) in [6, 6.07) is 0. The van der Waals surface area contributed by atoms with Crippen molar-refractivity contribution in [3.05, 3.63) is 0 Å². The summed E-state index contributed by atoms with van der Waals surface area (Å²) in [5, 5.41) is 3.31. The third kappa shape index (κ3) is 5.41. The van der Waals surface area contributed by atoms with E-state index in [1.807, 2.05) is 0 Å². The van der Waals surface area contributed by atoms with Gasteiger partial charge in [0.1, 0.15) is 0 Å². The maximum atomic E-state index is 3.62. The van der Waals surface area contributed by atoms with Crippen LogP contribution in [0.2, 0.25) is 5.54 Å². The number of hydrogen-bond acceptors (Lipinski definition) is 3. The normalized spacial score (nSPS) is 16.2. The molecule has 0 aromatic rings. The minimum Gasteiger partial charge on any atom is -0.320 e. The lowest BCUT2D eigenvalue weighted by atomic mass is 10.4. The highest BCUT2D eigenvalue weighted by molar-refractivity contribution is 6.54. The molecule has 0 saturated heterocycles. The lowest BCUT2D eigenvalue weighted by Crippen LogP contribution is -2.52. The van der Waals surface area contributed by atoms with Crippen molar-refractivity contribution in [2.45, 2.75) is 32.7 Å². The molecule has 80 valence electrons. The van der Waals surface area contributed by atoms with Gasteiger partial charge in [0.25, 0.3) is 0 Å². The molecule has 2 unspecified atom stereocenters. The predicted molar refractivity (Wildman–Crippen MR) is 62.2 cm³/mol. The maximum Gasteiger partial charge on any atom is 0.190 e. The van der Waals surface area contributed by atoms with Gasteiger partial charge in [-0.15, -0.1) is 0 Å². The van der Waals surface area contributed by atoms with Crippen molar-refractivity contribution in [2.75, 3.05) is 27.3 Å². The average molecular weight is 203 g/mol. The molecule has 0 bridgehead atoms. The molecule has 0 saturated carbocycles. The lowest BCUT2D eigenvalue weighted by molar-refractivity contribution is 0.567. The summed E-state index contributed by atoms with van der Waals surface area (Å²) in [5.41, 5.74) is 0.827. The van der Waals surface area contributed by atoms with E-state index in [9.17, 15) is 0 Å². The second-order valence-corrected chi connectivity index (χ2v) is 7.25. The van der Waals surface area contributed by atoms with Crippen molar-refractivity contribution in [1.29, 1.82) is 0 Å². The Bertz CT molecular complexity index is 119. The van der Waals surface area contributed by atoms with Crippen LogP contribution in [0, 0.1) is 0 Å². The SMILES string of the molecule is CCNCN[SiH](C(C)CC)N(C)C. The van der Waals surface area contributed by atoms with Crippen LogP contribution in [0.1, 0.15) is 27.2 Å². The molecule has 0 aliphatic rings. The van der Waals surface area contributed by atoms with Gasteiger partial charge >= 0.3 is 0 Å². The molecular weight excluding hydrogens is 178 g/mol. The monoisotopic (exact) mass is 203 g/mol. The Morgan fingerprint density at radius 1 is 1.31 bits per heavy atom. The largest absolute Gasteiger partial charge is 0.320 e. The molecule has 0 aromatic carbocycles. The minimum absolute atomic E-state index is 0.827. The van der Waals surface area contributed by atoms with Crippen molar-refractivity contribution in [3.8, 4) is 0 Å². The maximum absolute atomic E-state index is 3.62. The van der Waals surface area contributed by atoms with Crippen LogP contribution in [-0.4, -0.2) is 41.0 Å². The number of hydrogen-bond donors (Lipinski definition) is 2.